The van der Waals surface area contributed by atoms with Crippen molar-refractivity contribution in [3.05, 3.63) is 41.4 Å². The number of nitrogens with zero attached hydrogens (tertiary/aromatic N) is 4. The maximum Gasteiger partial charge on any atom is 0.309 e. The van der Waals surface area contributed by atoms with Gasteiger partial charge in [-0.1, -0.05) is 12.1 Å². The van der Waals surface area contributed by atoms with Crippen LogP contribution in [-0.4, -0.2) is 34.0 Å². The predicted octanol–water partition coefficient (Wildman–Crippen LogP) is 3.52. The highest BCUT2D eigenvalue weighted by molar-refractivity contribution is 5.88. The molecule has 160 valence electrons. The Kier molecular flexibility index (Phi) is 4.72. The number of carbonyl (C=O) groups is 1. The average molecular weight is 421 g/mol. The van der Waals surface area contributed by atoms with E-state index in [4.69, 9.17) is 19.3 Å². The minimum atomic E-state index is -0.258. The molecule has 31 heavy (non-hydrogen) atoms. The van der Waals surface area contributed by atoms with Crippen molar-refractivity contribution in [2.45, 2.75) is 33.3 Å². The largest absolute Gasteiger partial charge is 0.457 e. The van der Waals surface area contributed by atoms with Crippen LogP contribution in [0.5, 0.6) is 0 Å². The van der Waals surface area contributed by atoms with Crippen molar-refractivity contribution in [3.63, 3.8) is 0 Å². The summed E-state index contributed by atoms with van der Waals surface area (Å²) in [7, 11) is 0. The second-order valence-electron chi connectivity index (χ2n) is 7.82. The summed E-state index contributed by atoms with van der Waals surface area (Å²) in [6.45, 7) is 5.07. The highest BCUT2D eigenvalue weighted by Gasteiger charge is 2.28. The van der Waals surface area contributed by atoms with Crippen molar-refractivity contribution in [3.8, 4) is 0 Å². The molecule has 9 nitrogen and oxygen atoms in total. The second kappa shape index (κ2) is 7.57. The Morgan fingerprint density at radius 1 is 1.16 bits per heavy atom. The summed E-state index contributed by atoms with van der Waals surface area (Å²) in [5, 5.41) is 0.708. The number of nitrogen functional groups attached to an aromatic ring is 1. The van der Waals surface area contributed by atoms with E-state index < -0.39 is 0 Å². The Hall–Kier alpha value is -3.62. The SMILES string of the molecule is Cc1oc2nc(COC(=O)C3CCN(c4nc5ccccc5o4)CC3)nc(N)c2c1C. The van der Waals surface area contributed by atoms with Crippen LogP contribution >= 0.6 is 0 Å². The molecule has 1 aromatic carbocycles. The van der Waals surface area contributed by atoms with Gasteiger partial charge in [-0.2, -0.15) is 9.97 Å². The zero-order valence-electron chi connectivity index (χ0n) is 17.4. The number of aromatic nitrogens is 3. The summed E-state index contributed by atoms with van der Waals surface area (Å²) in [5.41, 5.74) is 8.97. The highest BCUT2D eigenvalue weighted by atomic mass is 16.5. The molecule has 1 fully saturated rings. The number of ether oxygens (including phenoxy) is 1. The molecule has 0 atom stereocenters. The van der Waals surface area contributed by atoms with Crippen molar-refractivity contribution in [2.75, 3.05) is 23.7 Å². The molecule has 0 aliphatic carbocycles. The first-order valence-electron chi connectivity index (χ1n) is 10.3. The third-order valence-corrected chi connectivity index (χ3v) is 5.83. The van der Waals surface area contributed by atoms with Crippen molar-refractivity contribution >= 4 is 40.0 Å². The molecule has 0 amide bonds. The van der Waals surface area contributed by atoms with Crippen molar-refractivity contribution < 1.29 is 18.4 Å². The average Bonchev–Trinajstić information content (AvgIpc) is 3.33. The lowest BCUT2D eigenvalue weighted by Crippen LogP contribution is -2.37. The number of aryl methyl sites for hydroxylation is 2. The third kappa shape index (κ3) is 3.56. The topological polar surface area (TPSA) is 121 Å². The summed E-state index contributed by atoms with van der Waals surface area (Å²) in [6.07, 6.45) is 1.33. The van der Waals surface area contributed by atoms with Gasteiger partial charge < -0.3 is 24.2 Å². The number of hydrogen-bond donors (Lipinski definition) is 1. The first-order valence-corrected chi connectivity index (χ1v) is 10.3. The van der Waals surface area contributed by atoms with Crippen LogP contribution in [0.25, 0.3) is 22.2 Å². The maximum absolute atomic E-state index is 12.6. The Balaban J connectivity index is 1.20. The Labute approximate surface area is 178 Å². The monoisotopic (exact) mass is 421 g/mol. The third-order valence-electron chi connectivity index (χ3n) is 5.83. The molecule has 1 aliphatic heterocycles. The fourth-order valence-corrected chi connectivity index (χ4v) is 3.95. The molecule has 0 spiro atoms. The zero-order valence-corrected chi connectivity index (χ0v) is 17.4. The molecule has 4 aromatic rings. The van der Waals surface area contributed by atoms with Crippen LogP contribution in [-0.2, 0) is 16.1 Å². The molecule has 2 N–H and O–H groups in total. The van der Waals surface area contributed by atoms with Gasteiger partial charge in [0.15, 0.2) is 18.0 Å². The standard InChI is InChI=1S/C22H23N5O4/c1-12-13(2)30-20-18(12)19(23)25-17(26-20)11-29-21(28)14-7-9-27(10-8-14)22-24-15-5-3-4-6-16(15)31-22/h3-6,14H,7-11H2,1-2H3,(H2,23,25,26). The summed E-state index contributed by atoms with van der Waals surface area (Å²) in [5.74, 6) is 0.963. The van der Waals surface area contributed by atoms with Gasteiger partial charge in [-0.05, 0) is 38.8 Å². The van der Waals surface area contributed by atoms with Crippen LogP contribution in [0.4, 0.5) is 11.8 Å². The van der Waals surface area contributed by atoms with E-state index in [0.717, 1.165) is 22.4 Å². The second-order valence-corrected chi connectivity index (χ2v) is 7.82. The van der Waals surface area contributed by atoms with Gasteiger partial charge in [-0.25, -0.2) is 4.98 Å². The lowest BCUT2D eigenvalue weighted by Gasteiger charge is -2.29. The quantitative estimate of drug-likeness (QED) is 0.493. The number of para-hydroxylation sites is 2. The number of oxazole rings is 1. The van der Waals surface area contributed by atoms with Gasteiger partial charge in [0.1, 0.15) is 17.1 Å². The van der Waals surface area contributed by atoms with Crippen LogP contribution in [0.3, 0.4) is 0 Å². The van der Waals surface area contributed by atoms with E-state index in [0.29, 0.717) is 54.7 Å². The Bertz CT molecular complexity index is 1240. The number of carbonyl (C=O) groups excluding carboxylic acids is 1. The van der Waals surface area contributed by atoms with Crippen LogP contribution in [0.1, 0.15) is 30.0 Å². The van der Waals surface area contributed by atoms with Crippen LogP contribution in [0.2, 0.25) is 0 Å². The highest BCUT2D eigenvalue weighted by Crippen LogP contribution is 2.28. The minimum Gasteiger partial charge on any atom is -0.457 e. The van der Waals surface area contributed by atoms with Crippen LogP contribution in [0, 0.1) is 19.8 Å². The van der Waals surface area contributed by atoms with Gasteiger partial charge >= 0.3 is 5.97 Å². The van der Waals surface area contributed by atoms with E-state index >= 15 is 0 Å². The molecule has 0 bridgehead atoms. The van der Waals surface area contributed by atoms with E-state index in [2.05, 4.69) is 19.9 Å². The predicted molar refractivity (Wildman–Crippen MR) is 114 cm³/mol. The normalized spacial score (nSPS) is 15.1. The van der Waals surface area contributed by atoms with Gasteiger partial charge in [0, 0.05) is 18.7 Å². The molecular weight excluding hydrogens is 398 g/mol. The van der Waals surface area contributed by atoms with E-state index in [1.54, 1.807) is 0 Å². The number of nitrogens with two attached hydrogens (primary N) is 1. The summed E-state index contributed by atoms with van der Waals surface area (Å²) >= 11 is 0. The van der Waals surface area contributed by atoms with Gasteiger partial charge in [0.25, 0.3) is 6.01 Å². The molecule has 3 aromatic heterocycles. The van der Waals surface area contributed by atoms with Crippen LogP contribution in [0.15, 0.2) is 33.1 Å². The van der Waals surface area contributed by atoms with E-state index in [1.165, 1.54) is 0 Å². The number of anilines is 2. The Morgan fingerprint density at radius 2 is 1.94 bits per heavy atom. The summed E-state index contributed by atoms with van der Waals surface area (Å²) in [6, 6.07) is 8.26. The number of hydrogen-bond acceptors (Lipinski definition) is 9. The van der Waals surface area contributed by atoms with Crippen molar-refractivity contribution in [1.29, 1.82) is 0 Å². The number of piperidine rings is 1. The molecule has 1 aliphatic rings. The molecule has 1 saturated heterocycles. The smallest absolute Gasteiger partial charge is 0.309 e. The van der Waals surface area contributed by atoms with Gasteiger partial charge in [-0.15, -0.1) is 0 Å². The van der Waals surface area contributed by atoms with E-state index in [1.807, 2.05) is 38.1 Å². The fourth-order valence-electron chi connectivity index (χ4n) is 3.95. The molecule has 4 heterocycles. The first-order chi connectivity index (χ1) is 15.0. The lowest BCUT2D eigenvalue weighted by atomic mass is 9.97. The summed E-state index contributed by atoms with van der Waals surface area (Å²) < 4.78 is 16.9. The number of furan rings is 1. The molecule has 0 radical (unpaired) electrons. The molecule has 5 rings (SSSR count). The molecule has 0 unspecified atom stereocenters. The van der Waals surface area contributed by atoms with Gasteiger partial charge in [0.2, 0.25) is 5.71 Å². The number of rotatable bonds is 4. The summed E-state index contributed by atoms with van der Waals surface area (Å²) in [4.78, 5) is 27.8. The molecule has 9 heteroatoms. The number of fused-ring (bicyclic) bond motifs is 2. The minimum absolute atomic E-state index is 0.0386. The molecule has 0 saturated carbocycles. The fraction of sp³-hybridized carbons (Fsp3) is 0.364. The number of esters is 1. The van der Waals surface area contributed by atoms with Gasteiger partial charge in [0.05, 0.1) is 11.3 Å². The molecular formula is C22H23N5O4. The van der Waals surface area contributed by atoms with E-state index in [-0.39, 0.29) is 18.5 Å². The maximum atomic E-state index is 12.6. The number of benzene rings is 1. The van der Waals surface area contributed by atoms with Crippen molar-refractivity contribution in [1.82, 2.24) is 15.0 Å². The zero-order chi connectivity index (χ0) is 21.5. The Morgan fingerprint density at radius 3 is 2.71 bits per heavy atom. The van der Waals surface area contributed by atoms with E-state index in [9.17, 15) is 4.79 Å². The van der Waals surface area contributed by atoms with Crippen molar-refractivity contribution in [2.24, 2.45) is 5.92 Å². The van der Waals surface area contributed by atoms with Crippen LogP contribution < -0.4 is 10.6 Å². The first kappa shape index (κ1) is 19.3. The lowest BCUT2D eigenvalue weighted by molar-refractivity contribution is -0.150. The van der Waals surface area contributed by atoms with Gasteiger partial charge in [-0.3, -0.25) is 4.79 Å².